The highest BCUT2D eigenvalue weighted by molar-refractivity contribution is 9.10. The van der Waals surface area contributed by atoms with E-state index in [4.69, 9.17) is 4.74 Å². The summed E-state index contributed by atoms with van der Waals surface area (Å²) in [5, 5.41) is 16.9. The Morgan fingerprint density at radius 1 is 1.18 bits per heavy atom. The largest absolute Gasteiger partial charge is 0.496 e. The summed E-state index contributed by atoms with van der Waals surface area (Å²) in [5.74, 6) is -1.35. The third kappa shape index (κ3) is 4.80. The van der Waals surface area contributed by atoms with Crippen LogP contribution in [-0.2, 0) is 10.2 Å². The van der Waals surface area contributed by atoms with Crippen molar-refractivity contribution in [1.82, 2.24) is 5.16 Å². The molecule has 11 heteroatoms. The molecule has 7 nitrogen and oxygen atoms in total. The van der Waals surface area contributed by atoms with Crippen LogP contribution in [0.5, 0.6) is 5.75 Å². The molecule has 3 aromatic rings. The highest BCUT2D eigenvalue weighted by atomic mass is 79.9. The van der Waals surface area contributed by atoms with Crippen molar-refractivity contribution in [3.63, 3.8) is 0 Å². The first-order chi connectivity index (χ1) is 15.7. The van der Waals surface area contributed by atoms with Crippen molar-refractivity contribution in [2.45, 2.75) is 44.4 Å². The van der Waals surface area contributed by atoms with Crippen LogP contribution in [0.3, 0.4) is 0 Å². The molecule has 34 heavy (non-hydrogen) atoms. The van der Waals surface area contributed by atoms with E-state index >= 15 is 0 Å². The SMILES string of the molecule is COc1cc(Br)ccc1C(C)(C)CC(O)(C(=O)Nc1ccc2c(=O)onc(C)c2c1)C(F)(F)F. The average molecular weight is 543 g/mol. The lowest BCUT2D eigenvalue weighted by Crippen LogP contribution is -2.57. The summed E-state index contributed by atoms with van der Waals surface area (Å²) in [6.07, 6.45) is -6.27. The maximum Gasteiger partial charge on any atom is 0.426 e. The lowest BCUT2D eigenvalue weighted by molar-refractivity contribution is -0.254. The van der Waals surface area contributed by atoms with Crippen LogP contribution in [0.15, 0.2) is 50.2 Å². The van der Waals surface area contributed by atoms with Crippen LogP contribution < -0.4 is 15.7 Å². The number of hydrogen-bond donors (Lipinski definition) is 2. The zero-order chi connectivity index (χ0) is 25.5. The molecule has 0 aliphatic carbocycles. The van der Waals surface area contributed by atoms with Gasteiger partial charge in [0.15, 0.2) is 0 Å². The monoisotopic (exact) mass is 542 g/mol. The minimum absolute atomic E-state index is 0.0466. The quantitative estimate of drug-likeness (QED) is 0.461. The number of halogens is 4. The lowest BCUT2D eigenvalue weighted by Gasteiger charge is -2.37. The van der Waals surface area contributed by atoms with Crippen molar-refractivity contribution in [2.75, 3.05) is 12.4 Å². The van der Waals surface area contributed by atoms with Crippen LogP contribution in [0, 0.1) is 6.92 Å². The van der Waals surface area contributed by atoms with Gasteiger partial charge in [-0.25, -0.2) is 4.79 Å². The van der Waals surface area contributed by atoms with Crippen molar-refractivity contribution >= 4 is 38.3 Å². The number of rotatable bonds is 6. The molecule has 0 aliphatic rings. The van der Waals surface area contributed by atoms with Crippen molar-refractivity contribution < 1.29 is 32.3 Å². The number of anilines is 1. The molecule has 0 radical (unpaired) electrons. The van der Waals surface area contributed by atoms with Crippen molar-refractivity contribution in [2.24, 2.45) is 0 Å². The fourth-order valence-corrected chi connectivity index (χ4v) is 4.15. The number of carbonyl (C=O) groups is 1. The number of aryl methyl sites for hydroxylation is 1. The highest BCUT2D eigenvalue weighted by Crippen LogP contribution is 2.44. The van der Waals surface area contributed by atoms with E-state index in [0.717, 1.165) is 0 Å². The molecule has 0 spiro atoms. The Morgan fingerprint density at radius 3 is 2.47 bits per heavy atom. The number of aliphatic hydroxyl groups is 1. The van der Waals surface area contributed by atoms with Gasteiger partial charge in [0.25, 0.3) is 5.91 Å². The molecule has 1 unspecified atom stereocenters. The summed E-state index contributed by atoms with van der Waals surface area (Å²) in [5.41, 5.74) is -5.14. The van der Waals surface area contributed by atoms with Crippen molar-refractivity contribution in [3.05, 3.63) is 62.5 Å². The van der Waals surface area contributed by atoms with Gasteiger partial charge < -0.3 is 19.7 Å². The number of nitrogens with one attached hydrogen (secondary N) is 1. The molecule has 3 rings (SSSR count). The molecule has 0 saturated heterocycles. The molecular formula is C23H22BrF3N2O5. The Kier molecular flexibility index (Phi) is 6.82. The average Bonchev–Trinajstić information content (AvgIpc) is 2.75. The van der Waals surface area contributed by atoms with Crippen LogP contribution in [-0.4, -0.2) is 35.1 Å². The number of alkyl halides is 3. The van der Waals surface area contributed by atoms with E-state index in [9.17, 15) is 27.9 Å². The normalized spacial score (nSPS) is 14.0. The number of amides is 1. The van der Waals surface area contributed by atoms with Crippen LogP contribution >= 0.6 is 15.9 Å². The molecule has 1 atom stereocenters. The van der Waals surface area contributed by atoms with Gasteiger partial charge in [0.2, 0.25) is 5.60 Å². The summed E-state index contributed by atoms with van der Waals surface area (Å²) in [4.78, 5) is 24.7. The second-order valence-corrected chi connectivity index (χ2v) is 9.45. The van der Waals surface area contributed by atoms with E-state index in [0.29, 0.717) is 26.9 Å². The summed E-state index contributed by atoms with van der Waals surface area (Å²) in [6, 6.07) is 8.64. The molecule has 0 fully saturated rings. The maximum absolute atomic E-state index is 14.1. The van der Waals surface area contributed by atoms with Gasteiger partial charge in [-0.2, -0.15) is 13.2 Å². The van der Waals surface area contributed by atoms with E-state index in [1.807, 2.05) is 0 Å². The van der Waals surface area contributed by atoms with Crippen LogP contribution in [0.1, 0.15) is 31.5 Å². The van der Waals surface area contributed by atoms with Crippen LogP contribution in [0.25, 0.3) is 10.8 Å². The van der Waals surface area contributed by atoms with E-state index in [1.165, 1.54) is 46.1 Å². The predicted molar refractivity (Wildman–Crippen MR) is 123 cm³/mol. The third-order valence-electron chi connectivity index (χ3n) is 5.59. The van der Waals surface area contributed by atoms with Crippen LogP contribution in [0.4, 0.5) is 18.9 Å². The first-order valence-electron chi connectivity index (χ1n) is 10.0. The Hall–Kier alpha value is -2.92. The second-order valence-electron chi connectivity index (χ2n) is 8.53. The van der Waals surface area contributed by atoms with Crippen molar-refractivity contribution in [3.8, 4) is 5.75 Å². The maximum atomic E-state index is 14.1. The third-order valence-corrected chi connectivity index (χ3v) is 6.08. The Morgan fingerprint density at radius 2 is 1.85 bits per heavy atom. The molecular weight excluding hydrogens is 521 g/mol. The number of nitrogens with zero attached hydrogens (tertiary/aromatic N) is 1. The minimum Gasteiger partial charge on any atom is -0.496 e. The zero-order valence-corrected chi connectivity index (χ0v) is 20.3. The van der Waals surface area contributed by atoms with Gasteiger partial charge in [-0.15, -0.1) is 0 Å². The highest BCUT2D eigenvalue weighted by Gasteiger charge is 2.61. The summed E-state index contributed by atoms with van der Waals surface area (Å²) in [6.45, 7) is 4.50. The number of aromatic nitrogens is 1. The number of ether oxygens (including phenoxy) is 1. The van der Waals surface area contributed by atoms with Gasteiger partial charge in [0.05, 0.1) is 18.2 Å². The number of methoxy groups -OCH3 is 1. The molecule has 1 aromatic heterocycles. The zero-order valence-electron chi connectivity index (χ0n) is 18.7. The number of fused-ring (bicyclic) bond motifs is 1. The smallest absolute Gasteiger partial charge is 0.426 e. The topological polar surface area (TPSA) is 102 Å². The standard InChI is InChI=1S/C23H22BrF3N2O5/c1-12-16-10-14(6-7-15(16)19(30)34-29-12)28-20(31)22(32,23(25,26)27)11-21(2,3)17-8-5-13(24)9-18(17)33-4/h5-10,32H,11H2,1-4H3,(H,28,31). The Bertz CT molecular complexity index is 1310. The molecule has 1 amide bonds. The minimum atomic E-state index is -5.29. The van der Waals surface area contributed by atoms with Crippen molar-refractivity contribution in [1.29, 1.82) is 0 Å². The summed E-state index contributed by atoms with van der Waals surface area (Å²) < 4.78 is 52.9. The first-order valence-corrected chi connectivity index (χ1v) is 10.8. The molecule has 1 heterocycles. The molecule has 2 aromatic carbocycles. The predicted octanol–water partition coefficient (Wildman–Crippen LogP) is 4.87. The fraction of sp³-hybridized carbons (Fsp3) is 0.348. The molecule has 0 aliphatic heterocycles. The Balaban J connectivity index is 1.99. The van der Waals surface area contributed by atoms with E-state index in [-0.39, 0.29) is 11.1 Å². The van der Waals surface area contributed by atoms with E-state index in [2.05, 4.69) is 30.9 Å². The molecule has 0 bridgehead atoms. The fourth-order valence-electron chi connectivity index (χ4n) is 3.81. The van der Waals surface area contributed by atoms with Gasteiger partial charge in [-0.1, -0.05) is 41.0 Å². The second kappa shape index (κ2) is 9.03. The molecule has 182 valence electrons. The van der Waals surface area contributed by atoms with Gasteiger partial charge in [0.1, 0.15) is 5.75 Å². The number of hydrogen-bond acceptors (Lipinski definition) is 6. The summed E-state index contributed by atoms with van der Waals surface area (Å²) >= 11 is 3.28. The lowest BCUT2D eigenvalue weighted by atomic mass is 9.74. The van der Waals surface area contributed by atoms with Gasteiger partial charge >= 0.3 is 11.8 Å². The molecule has 2 N–H and O–H groups in total. The number of carbonyl (C=O) groups excluding carboxylic acids is 1. The van der Waals surface area contributed by atoms with Gasteiger partial charge in [-0.05, 0) is 48.2 Å². The van der Waals surface area contributed by atoms with E-state index < -0.39 is 35.1 Å². The van der Waals surface area contributed by atoms with Gasteiger partial charge in [-0.3, -0.25) is 4.79 Å². The van der Waals surface area contributed by atoms with Gasteiger partial charge in [0, 0.05) is 22.0 Å². The van der Waals surface area contributed by atoms with Crippen LogP contribution in [0.2, 0.25) is 0 Å². The Labute approximate surface area is 201 Å². The first kappa shape index (κ1) is 25.7. The molecule has 0 saturated carbocycles. The van der Waals surface area contributed by atoms with E-state index in [1.54, 1.807) is 18.2 Å². The number of benzene rings is 2. The summed E-state index contributed by atoms with van der Waals surface area (Å²) in [7, 11) is 1.38.